The minimum atomic E-state index is 0.0962. The van der Waals surface area contributed by atoms with Crippen LogP contribution in [0.25, 0.3) is 0 Å². The van der Waals surface area contributed by atoms with E-state index in [1.807, 2.05) is 6.08 Å². The first-order valence-electron chi connectivity index (χ1n) is 3.44. The van der Waals surface area contributed by atoms with Crippen molar-refractivity contribution in [3.05, 3.63) is 12.2 Å². The number of rotatable bonds is 1. The molecule has 0 atom stereocenters. The van der Waals surface area contributed by atoms with E-state index >= 15 is 0 Å². The number of allylic oxidation sites excluding steroid dienone is 1. The first-order chi connectivity index (χ1) is 4.56. The molecule has 0 saturated heterocycles. The Morgan fingerprint density at radius 2 is 2.00 bits per heavy atom. The summed E-state index contributed by atoms with van der Waals surface area (Å²) < 4.78 is 0. The highest BCUT2D eigenvalue weighted by Gasteiger charge is 2.01. The third-order valence-electron chi connectivity index (χ3n) is 0.784. The van der Waals surface area contributed by atoms with Gasteiger partial charge in [0.15, 0.2) is 0 Å². The summed E-state index contributed by atoms with van der Waals surface area (Å²) in [6, 6.07) is 0. The molecule has 0 saturated carbocycles. The van der Waals surface area contributed by atoms with Gasteiger partial charge in [-0.2, -0.15) is 0 Å². The Morgan fingerprint density at radius 1 is 1.40 bits per heavy atom. The van der Waals surface area contributed by atoms with Crippen molar-refractivity contribution in [3.8, 4) is 11.8 Å². The Hall–Kier alpha value is -0.740. The lowest BCUT2D eigenvalue weighted by molar-refractivity contribution is 0.571. The van der Waals surface area contributed by atoms with E-state index in [4.69, 9.17) is 5.73 Å². The Kier molecular flexibility index (Phi) is 3.83. The van der Waals surface area contributed by atoms with Crippen LogP contribution in [0.15, 0.2) is 12.2 Å². The third kappa shape index (κ3) is 7.26. The minimum absolute atomic E-state index is 0.0962. The molecule has 0 aromatic heterocycles. The maximum Gasteiger partial charge on any atom is 0.0233 e. The predicted molar refractivity (Wildman–Crippen MR) is 45.4 cm³/mol. The van der Waals surface area contributed by atoms with Gasteiger partial charge < -0.3 is 5.73 Å². The van der Waals surface area contributed by atoms with Crippen LogP contribution in [0.5, 0.6) is 0 Å². The van der Waals surface area contributed by atoms with Gasteiger partial charge in [0.2, 0.25) is 0 Å². The number of hydrogen-bond donors (Lipinski definition) is 1. The van der Waals surface area contributed by atoms with Crippen molar-refractivity contribution >= 4 is 0 Å². The van der Waals surface area contributed by atoms with Crippen LogP contribution in [0.1, 0.15) is 20.8 Å². The van der Waals surface area contributed by atoms with E-state index in [-0.39, 0.29) is 5.41 Å². The minimum Gasteiger partial charge on any atom is -0.327 e. The highest BCUT2D eigenvalue weighted by molar-refractivity contribution is 5.18. The summed E-state index contributed by atoms with van der Waals surface area (Å²) in [7, 11) is 0. The summed E-state index contributed by atoms with van der Waals surface area (Å²) in [5.41, 5.74) is 5.32. The van der Waals surface area contributed by atoms with Crippen molar-refractivity contribution in [1.29, 1.82) is 0 Å². The monoisotopic (exact) mass is 137 g/mol. The Balaban J connectivity index is 3.81. The van der Waals surface area contributed by atoms with Gasteiger partial charge in [0.25, 0.3) is 0 Å². The fourth-order valence-electron chi connectivity index (χ4n) is 0.385. The van der Waals surface area contributed by atoms with E-state index in [9.17, 15) is 0 Å². The Bertz CT molecular complexity index is 161. The van der Waals surface area contributed by atoms with Gasteiger partial charge in [-0.3, -0.25) is 0 Å². The summed E-state index contributed by atoms with van der Waals surface area (Å²) >= 11 is 0. The SMILES string of the molecule is CC(C)(C)C#C/C=C/CN. The maximum absolute atomic E-state index is 5.22. The van der Waals surface area contributed by atoms with Gasteiger partial charge in [-0.15, -0.1) is 0 Å². The zero-order valence-corrected chi connectivity index (χ0v) is 6.94. The van der Waals surface area contributed by atoms with Gasteiger partial charge in [-0.05, 0) is 26.8 Å². The molecule has 0 heterocycles. The average molecular weight is 137 g/mol. The molecule has 1 nitrogen and oxygen atoms in total. The van der Waals surface area contributed by atoms with E-state index < -0.39 is 0 Å². The smallest absolute Gasteiger partial charge is 0.0233 e. The summed E-state index contributed by atoms with van der Waals surface area (Å²) in [5.74, 6) is 5.98. The standard InChI is InChI=1S/C9H15N/c1-9(2,3)7-5-4-6-8-10/h4,6H,8,10H2,1-3H3/b6-4+. The molecule has 0 rings (SSSR count). The lowest BCUT2D eigenvalue weighted by Crippen LogP contribution is -1.98. The second kappa shape index (κ2) is 4.14. The fourth-order valence-corrected chi connectivity index (χ4v) is 0.385. The predicted octanol–water partition coefficient (Wildman–Crippen LogP) is 1.55. The molecule has 1 heteroatoms. The molecule has 0 aliphatic carbocycles. The molecule has 0 bridgehead atoms. The van der Waals surface area contributed by atoms with Crippen LogP contribution in [0.4, 0.5) is 0 Å². The number of hydrogen-bond acceptors (Lipinski definition) is 1. The van der Waals surface area contributed by atoms with Gasteiger partial charge in [-0.1, -0.05) is 17.9 Å². The van der Waals surface area contributed by atoms with Crippen LogP contribution in [-0.2, 0) is 0 Å². The maximum atomic E-state index is 5.22. The molecule has 0 aromatic carbocycles. The second-order valence-corrected chi connectivity index (χ2v) is 3.16. The van der Waals surface area contributed by atoms with Crippen LogP contribution in [-0.4, -0.2) is 6.54 Å². The summed E-state index contributed by atoms with van der Waals surface area (Å²) in [4.78, 5) is 0. The molecule has 0 spiro atoms. The summed E-state index contributed by atoms with van der Waals surface area (Å²) in [5, 5.41) is 0. The topological polar surface area (TPSA) is 26.0 Å². The van der Waals surface area contributed by atoms with Gasteiger partial charge in [-0.25, -0.2) is 0 Å². The molecule has 10 heavy (non-hydrogen) atoms. The van der Waals surface area contributed by atoms with E-state index in [0.717, 1.165) is 0 Å². The number of nitrogens with two attached hydrogens (primary N) is 1. The second-order valence-electron chi connectivity index (χ2n) is 3.16. The molecule has 0 aliphatic rings. The molecule has 0 amide bonds. The first kappa shape index (κ1) is 9.26. The lowest BCUT2D eigenvalue weighted by Gasteiger charge is -2.05. The van der Waals surface area contributed by atoms with Crippen LogP contribution >= 0.6 is 0 Å². The van der Waals surface area contributed by atoms with E-state index in [2.05, 4.69) is 32.6 Å². The van der Waals surface area contributed by atoms with Gasteiger partial charge >= 0.3 is 0 Å². The van der Waals surface area contributed by atoms with E-state index in [0.29, 0.717) is 6.54 Å². The molecular weight excluding hydrogens is 122 g/mol. The van der Waals surface area contributed by atoms with Crippen LogP contribution < -0.4 is 5.73 Å². The normalized spacial score (nSPS) is 11.2. The van der Waals surface area contributed by atoms with Crippen molar-refractivity contribution in [2.24, 2.45) is 11.1 Å². The van der Waals surface area contributed by atoms with Crippen LogP contribution in [0, 0.1) is 17.3 Å². The van der Waals surface area contributed by atoms with Crippen molar-refractivity contribution in [2.45, 2.75) is 20.8 Å². The molecule has 0 aliphatic heterocycles. The Morgan fingerprint density at radius 3 is 2.40 bits per heavy atom. The molecular formula is C9H15N. The van der Waals surface area contributed by atoms with Gasteiger partial charge in [0.05, 0.1) is 0 Å². The molecule has 0 unspecified atom stereocenters. The third-order valence-corrected chi connectivity index (χ3v) is 0.784. The lowest BCUT2D eigenvalue weighted by atomic mass is 9.98. The highest BCUT2D eigenvalue weighted by atomic mass is 14.5. The molecule has 2 N–H and O–H groups in total. The van der Waals surface area contributed by atoms with Crippen molar-refractivity contribution in [3.63, 3.8) is 0 Å². The van der Waals surface area contributed by atoms with Crippen molar-refractivity contribution < 1.29 is 0 Å². The molecule has 56 valence electrons. The van der Waals surface area contributed by atoms with Crippen molar-refractivity contribution in [2.75, 3.05) is 6.54 Å². The molecule has 0 radical (unpaired) electrons. The summed E-state index contributed by atoms with van der Waals surface area (Å²) in [6.07, 6.45) is 3.64. The average Bonchev–Trinajstić information content (AvgIpc) is 1.78. The zero-order valence-electron chi connectivity index (χ0n) is 6.94. The quantitative estimate of drug-likeness (QED) is 0.545. The Labute approximate surface area is 63.3 Å². The zero-order chi connectivity index (χ0) is 8.04. The fraction of sp³-hybridized carbons (Fsp3) is 0.556. The van der Waals surface area contributed by atoms with E-state index in [1.54, 1.807) is 6.08 Å². The summed E-state index contributed by atoms with van der Waals surface area (Å²) in [6.45, 7) is 6.81. The highest BCUT2D eigenvalue weighted by Crippen LogP contribution is 2.09. The first-order valence-corrected chi connectivity index (χ1v) is 3.44. The molecule has 0 fully saturated rings. The van der Waals surface area contributed by atoms with Gasteiger partial charge in [0, 0.05) is 12.0 Å². The van der Waals surface area contributed by atoms with Crippen molar-refractivity contribution in [1.82, 2.24) is 0 Å². The van der Waals surface area contributed by atoms with Crippen LogP contribution in [0.2, 0.25) is 0 Å². The van der Waals surface area contributed by atoms with Crippen LogP contribution in [0.3, 0.4) is 0 Å². The molecule has 0 aromatic rings. The van der Waals surface area contributed by atoms with Gasteiger partial charge in [0.1, 0.15) is 0 Å². The largest absolute Gasteiger partial charge is 0.327 e. The van der Waals surface area contributed by atoms with E-state index in [1.165, 1.54) is 0 Å².